The van der Waals surface area contributed by atoms with Crippen LogP contribution in [0.25, 0.3) is 0 Å². The molecule has 3 N–H and O–H groups in total. The lowest BCUT2D eigenvalue weighted by Crippen LogP contribution is -2.25. The summed E-state index contributed by atoms with van der Waals surface area (Å²) in [6.45, 7) is 2.28. The van der Waals surface area contributed by atoms with Gasteiger partial charge in [0.05, 0.1) is 17.4 Å². The van der Waals surface area contributed by atoms with Gasteiger partial charge in [0.25, 0.3) is 0 Å². The Morgan fingerprint density at radius 2 is 2.21 bits per heavy atom. The van der Waals surface area contributed by atoms with Crippen LogP contribution in [0.4, 0.5) is 5.69 Å². The van der Waals surface area contributed by atoms with Crippen molar-refractivity contribution in [3.63, 3.8) is 0 Å². The van der Waals surface area contributed by atoms with Crippen LogP contribution in [0.2, 0.25) is 0 Å². The molecule has 0 spiro atoms. The number of hydrogen-bond acceptors (Lipinski definition) is 4. The van der Waals surface area contributed by atoms with Crippen LogP contribution >= 0.6 is 0 Å². The zero-order valence-corrected chi connectivity index (χ0v) is 10.9. The van der Waals surface area contributed by atoms with Gasteiger partial charge in [0.2, 0.25) is 0 Å². The fraction of sp³-hybridized carbons (Fsp3) is 0.533. The van der Waals surface area contributed by atoms with Crippen LogP contribution in [0.15, 0.2) is 18.2 Å². The summed E-state index contributed by atoms with van der Waals surface area (Å²) in [5.74, 6) is 0.955. The average molecular weight is 257 g/mol. The second-order valence-corrected chi connectivity index (χ2v) is 5.64. The lowest BCUT2D eigenvalue weighted by Gasteiger charge is -2.22. The maximum Gasteiger partial charge on any atom is 0.101 e. The third kappa shape index (κ3) is 2.09. The SMILES string of the molecule is N#Cc1cc(CN)ccc1N1CC2CCC(O)C2C1. The Labute approximate surface area is 113 Å². The molecule has 4 heteroatoms. The first-order valence-corrected chi connectivity index (χ1v) is 6.89. The van der Waals surface area contributed by atoms with Crippen LogP contribution in [0.1, 0.15) is 24.0 Å². The molecule has 0 radical (unpaired) electrons. The predicted molar refractivity (Wildman–Crippen MR) is 73.5 cm³/mol. The summed E-state index contributed by atoms with van der Waals surface area (Å²) in [4.78, 5) is 2.25. The number of aliphatic hydroxyl groups is 1. The van der Waals surface area contributed by atoms with Crippen LogP contribution in [0.5, 0.6) is 0 Å². The van der Waals surface area contributed by atoms with Crippen LogP contribution in [-0.2, 0) is 6.54 Å². The van der Waals surface area contributed by atoms with Crippen molar-refractivity contribution in [3.05, 3.63) is 29.3 Å². The number of nitriles is 1. The Bertz CT molecular complexity index is 523. The van der Waals surface area contributed by atoms with Crippen molar-refractivity contribution in [2.75, 3.05) is 18.0 Å². The molecule has 3 unspecified atom stereocenters. The quantitative estimate of drug-likeness (QED) is 0.835. The first kappa shape index (κ1) is 12.5. The van der Waals surface area contributed by atoms with E-state index in [0.29, 0.717) is 23.9 Å². The van der Waals surface area contributed by atoms with E-state index in [-0.39, 0.29) is 6.10 Å². The smallest absolute Gasteiger partial charge is 0.101 e. The Hall–Kier alpha value is -1.57. The zero-order chi connectivity index (χ0) is 13.4. The molecule has 1 saturated carbocycles. The van der Waals surface area contributed by atoms with Crippen LogP contribution in [0.3, 0.4) is 0 Å². The standard InChI is InChI=1S/C15H19N3O/c16-6-10-1-3-14(12(5-10)7-17)18-8-11-2-4-15(19)13(11)9-18/h1,3,5,11,13,15,19H,2,4,6,8-9,16H2. The van der Waals surface area contributed by atoms with Gasteiger partial charge in [0.1, 0.15) is 6.07 Å². The minimum absolute atomic E-state index is 0.163. The summed E-state index contributed by atoms with van der Waals surface area (Å²) in [6, 6.07) is 8.12. The zero-order valence-electron chi connectivity index (χ0n) is 10.9. The number of nitrogens with two attached hydrogens (primary N) is 1. The van der Waals surface area contributed by atoms with Crippen LogP contribution in [-0.4, -0.2) is 24.3 Å². The summed E-state index contributed by atoms with van der Waals surface area (Å²) >= 11 is 0. The molecule has 0 aromatic heterocycles. The maximum atomic E-state index is 9.96. The Morgan fingerprint density at radius 1 is 1.37 bits per heavy atom. The topological polar surface area (TPSA) is 73.3 Å². The molecule has 19 heavy (non-hydrogen) atoms. The van der Waals surface area contributed by atoms with Crippen molar-refractivity contribution < 1.29 is 5.11 Å². The van der Waals surface area contributed by atoms with Crippen molar-refractivity contribution in [1.82, 2.24) is 0 Å². The average Bonchev–Trinajstić information content (AvgIpc) is 3.00. The van der Waals surface area contributed by atoms with Crippen molar-refractivity contribution in [2.24, 2.45) is 17.6 Å². The summed E-state index contributed by atoms with van der Waals surface area (Å²) in [5, 5.41) is 19.3. The van der Waals surface area contributed by atoms with Gasteiger partial charge >= 0.3 is 0 Å². The third-order valence-electron chi connectivity index (χ3n) is 4.58. The van der Waals surface area contributed by atoms with Gasteiger partial charge in [0, 0.05) is 25.6 Å². The number of nitrogens with zero attached hydrogens (tertiary/aromatic N) is 2. The van der Waals surface area contributed by atoms with E-state index in [4.69, 9.17) is 5.73 Å². The number of fused-ring (bicyclic) bond motifs is 1. The van der Waals surface area contributed by atoms with Crippen molar-refractivity contribution in [2.45, 2.75) is 25.5 Å². The van der Waals surface area contributed by atoms with Gasteiger partial charge in [-0.2, -0.15) is 5.26 Å². The van der Waals surface area contributed by atoms with Crippen molar-refractivity contribution in [1.29, 1.82) is 5.26 Å². The number of anilines is 1. The summed E-state index contributed by atoms with van der Waals surface area (Å²) in [7, 11) is 0. The highest BCUT2D eigenvalue weighted by atomic mass is 16.3. The molecule has 1 aliphatic heterocycles. The van der Waals surface area contributed by atoms with E-state index in [9.17, 15) is 10.4 Å². The molecule has 1 heterocycles. The lowest BCUT2D eigenvalue weighted by atomic mass is 10.00. The van der Waals surface area contributed by atoms with E-state index >= 15 is 0 Å². The summed E-state index contributed by atoms with van der Waals surface area (Å²) < 4.78 is 0. The molecule has 0 bridgehead atoms. The fourth-order valence-corrected chi connectivity index (χ4v) is 3.51. The number of aliphatic hydroxyl groups excluding tert-OH is 1. The molecular weight excluding hydrogens is 238 g/mol. The highest BCUT2D eigenvalue weighted by molar-refractivity contribution is 5.61. The van der Waals surface area contributed by atoms with E-state index in [1.165, 1.54) is 0 Å². The molecule has 0 amide bonds. The number of rotatable bonds is 2. The normalized spacial score (nSPS) is 29.3. The van der Waals surface area contributed by atoms with Gasteiger partial charge in [0.15, 0.2) is 0 Å². The Balaban J connectivity index is 1.86. The maximum absolute atomic E-state index is 9.96. The molecule has 1 aromatic rings. The monoisotopic (exact) mass is 257 g/mol. The van der Waals surface area contributed by atoms with Gasteiger partial charge in [-0.25, -0.2) is 0 Å². The highest BCUT2D eigenvalue weighted by Crippen LogP contribution is 2.40. The fourth-order valence-electron chi connectivity index (χ4n) is 3.51. The van der Waals surface area contributed by atoms with Gasteiger partial charge < -0.3 is 15.7 Å². The van der Waals surface area contributed by atoms with E-state index in [1.54, 1.807) is 0 Å². The minimum Gasteiger partial charge on any atom is -0.393 e. The minimum atomic E-state index is -0.163. The molecule has 1 aliphatic carbocycles. The molecule has 2 aliphatic rings. The van der Waals surface area contributed by atoms with Crippen LogP contribution in [0, 0.1) is 23.2 Å². The Kier molecular flexibility index (Phi) is 3.17. The van der Waals surface area contributed by atoms with E-state index in [2.05, 4.69) is 11.0 Å². The molecule has 1 aromatic carbocycles. The lowest BCUT2D eigenvalue weighted by molar-refractivity contribution is 0.133. The second kappa shape index (κ2) is 4.84. The first-order valence-electron chi connectivity index (χ1n) is 6.89. The second-order valence-electron chi connectivity index (χ2n) is 5.64. The van der Waals surface area contributed by atoms with E-state index in [1.807, 2.05) is 18.2 Å². The molecular formula is C15H19N3O. The largest absolute Gasteiger partial charge is 0.393 e. The molecule has 1 saturated heterocycles. The number of hydrogen-bond donors (Lipinski definition) is 2. The first-order chi connectivity index (χ1) is 9.22. The molecule has 3 atom stereocenters. The van der Waals surface area contributed by atoms with Gasteiger partial charge in [-0.05, 0) is 36.5 Å². The predicted octanol–water partition coefficient (Wildman–Crippen LogP) is 1.22. The van der Waals surface area contributed by atoms with Gasteiger partial charge in [-0.1, -0.05) is 6.07 Å². The van der Waals surface area contributed by atoms with E-state index < -0.39 is 0 Å². The Morgan fingerprint density at radius 3 is 2.89 bits per heavy atom. The van der Waals surface area contributed by atoms with Crippen molar-refractivity contribution in [3.8, 4) is 6.07 Å². The summed E-state index contributed by atoms with van der Waals surface area (Å²) in [5.41, 5.74) is 8.28. The molecule has 3 rings (SSSR count). The van der Waals surface area contributed by atoms with Gasteiger partial charge in [-0.15, -0.1) is 0 Å². The third-order valence-corrected chi connectivity index (χ3v) is 4.58. The summed E-state index contributed by atoms with van der Waals surface area (Å²) in [6.07, 6.45) is 1.87. The molecule has 4 nitrogen and oxygen atoms in total. The van der Waals surface area contributed by atoms with Crippen molar-refractivity contribution >= 4 is 5.69 Å². The highest BCUT2D eigenvalue weighted by Gasteiger charge is 2.42. The molecule has 100 valence electrons. The van der Waals surface area contributed by atoms with E-state index in [0.717, 1.165) is 37.2 Å². The van der Waals surface area contributed by atoms with Crippen LogP contribution < -0.4 is 10.6 Å². The molecule has 2 fully saturated rings. The number of benzene rings is 1. The van der Waals surface area contributed by atoms with Gasteiger partial charge in [-0.3, -0.25) is 0 Å².